The Balaban J connectivity index is 2.64. The van der Waals surface area contributed by atoms with Crippen molar-refractivity contribution in [1.82, 2.24) is 4.72 Å². The highest BCUT2D eigenvalue weighted by molar-refractivity contribution is 7.88. The summed E-state index contributed by atoms with van der Waals surface area (Å²) in [6, 6.07) is 6.57. The van der Waals surface area contributed by atoms with Crippen molar-refractivity contribution in [2.45, 2.75) is 6.92 Å². The maximum Gasteiger partial charge on any atom is 0.209 e. The standard InChI is InChI=1S/C11H15NO4S/c1-3-16-10-6-4-9(5-7-10)11(13)8-12-17(2,14)15/h4-7,12H,3,8H2,1-2H3. The summed E-state index contributed by atoms with van der Waals surface area (Å²) in [5.74, 6) is 0.401. The highest BCUT2D eigenvalue weighted by Gasteiger charge is 2.08. The Bertz CT molecular complexity index is 479. The predicted octanol–water partition coefficient (Wildman–Crippen LogP) is 0.817. The van der Waals surface area contributed by atoms with Crippen LogP contribution in [0.3, 0.4) is 0 Å². The van der Waals surface area contributed by atoms with E-state index in [0.29, 0.717) is 17.9 Å². The number of sulfonamides is 1. The molecule has 5 nitrogen and oxygen atoms in total. The van der Waals surface area contributed by atoms with E-state index in [-0.39, 0.29) is 12.3 Å². The summed E-state index contributed by atoms with van der Waals surface area (Å²) in [6.45, 7) is 2.20. The molecule has 0 radical (unpaired) electrons. The molecule has 0 spiro atoms. The van der Waals surface area contributed by atoms with Gasteiger partial charge in [-0.15, -0.1) is 0 Å². The van der Waals surface area contributed by atoms with Crippen LogP contribution in [-0.4, -0.2) is 33.6 Å². The first kappa shape index (κ1) is 13.7. The van der Waals surface area contributed by atoms with Gasteiger partial charge in [-0.25, -0.2) is 13.1 Å². The molecule has 0 aliphatic heterocycles. The van der Waals surface area contributed by atoms with E-state index < -0.39 is 10.0 Å². The van der Waals surface area contributed by atoms with Crippen molar-refractivity contribution >= 4 is 15.8 Å². The molecule has 0 bridgehead atoms. The second-order valence-electron chi connectivity index (χ2n) is 3.47. The average molecular weight is 257 g/mol. The summed E-state index contributed by atoms with van der Waals surface area (Å²) in [6.07, 6.45) is 1.01. The monoisotopic (exact) mass is 257 g/mol. The molecule has 1 N–H and O–H groups in total. The summed E-state index contributed by atoms with van der Waals surface area (Å²) in [5, 5.41) is 0. The molecule has 0 aliphatic rings. The van der Waals surface area contributed by atoms with Crippen molar-refractivity contribution in [2.75, 3.05) is 19.4 Å². The molecule has 1 aromatic rings. The van der Waals surface area contributed by atoms with E-state index in [2.05, 4.69) is 4.72 Å². The zero-order valence-electron chi connectivity index (χ0n) is 9.76. The van der Waals surface area contributed by atoms with Gasteiger partial charge in [-0.05, 0) is 31.2 Å². The maximum absolute atomic E-state index is 11.6. The smallest absolute Gasteiger partial charge is 0.209 e. The number of carbonyl (C=O) groups is 1. The minimum Gasteiger partial charge on any atom is -0.494 e. The molecule has 0 aromatic heterocycles. The molecule has 6 heteroatoms. The van der Waals surface area contributed by atoms with E-state index in [9.17, 15) is 13.2 Å². The SMILES string of the molecule is CCOc1ccc(C(=O)CNS(C)(=O)=O)cc1. The average Bonchev–Trinajstić information content (AvgIpc) is 2.26. The van der Waals surface area contributed by atoms with Gasteiger partial charge in [0.25, 0.3) is 0 Å². The lowest BCUT2D eigenvalue weighted by atomic mass is 10.1. The van der Waals surface area contributed by atoms with E-state index in [1.807, 2.05) is 6.92 Å². The van der Waals surface area contributed by atoms with Crippen molar-refractivity contribution in [3.63, 3.8) is 0 Å². The lowest BCUT2D eigenvalue weighted by Crippen LogP contribution is -2.28. The van der Waals surface area contributed by atoms with Gasteiger partial charge < -0.3 is 4.74 Å². The van der Waals surface area contributed by atoms with Gasteiger partial charge in [0.2, 0.25) is 10.0 Å². The summed E-state index contributed by atoms with van der Waals surface area (Å²) < 4.78 is 29.0. The summed E-state index contributed by atoms with van der Waals surface area (Å²) >= 11 is 0. The van der Waals surface area contributed by atoms with Crippen LogP contribution in [0.4, 0.5) is 0 Å². The third kappa shape index (κ3) is 4.97. The molecular formula is C11H15NO4S. The zero-order valence-corrected chi connectivity index (χ0v) is 10.6. The molecule has 0 unspecified atom stereocenters. The highest BCUT2D eigenvalue weighted by Crippen LogP contribution is 2.12. The second kappa shape index (κ2) is 5.79. The fourth-order valence-corrected chi connectivity index (χ4v) is 1.60. The fraction of sp³-hybridized carbons (Fsp3) is 0.364. The van der Waals surface area contributed by atoms with Crippen LogP contribution in [0.2, 0.25) is 0 Å². The number of ether oxygens (including phenoxy) is 1. The van der Waals surface area contributed by atoms with Gasteiger partial charge in [0.1, 0.15) is 5.75 Å². The minimum absolute atomic E-state index is 0.229. The Morgan fingerprint density at radius 1 is 1.29 bits per heavy atom. The molecule has 0 heterocycles. The van der Waals surface area contributed by atoms with Crippen LogP contribution in [-0.2, 0) is 10.0 Å². The van der Waals surface area contributed by atoms with Gasteiger partial charge >= 0.3 is 0 Å². The van der Waals surface area contributed by atoms with Gasteiger partial charge in [-0.1, -0.05) is 0 Å². The van der Waals surface area contributed by atoms with Crippen molar-refractivity contribution in [3.05, 3.63) is 29.8 Å². The fourth-order valence-electron chi connectivity index (χ4n) is 1.20. The number of Topliss-reactive ketones (excluding diaryl/α,β-unsaturated/α-hetero) is 1. The van der Waals surface area contributed by atoms with Crippen molar-refractivity contribution in [2.24, 2.45) is 0 Å². The lowest BCUT2D eigenvalue weighted by Gasteiger charge is -2.04. The maximum atomic E-state index is 11.6. The molecule has 0 aliphatic carbocycles. The first-order valence-electron chi connectivity index (χ1n) is 5.13. The van der Waals surface area contributed by atoms with Gasteiger partial charge in [0.05, 0.1) is 19.4 Å². The Kier molecular flexibility index (Phi) is 4.65. The first-order chi connectivity index (χ1) is 7.92. The Hall–Kier alpha value is -1.40. The van der Waals surface area contributed by atoms with Gasteiger partial charge in [0, 0.05) is 5.56 Å². The molecule has 0 saturated carbocycles. The van der Waals surface area contributed by atoms with E-state index in [0.717, 1.165) is 6.26 Å². The minimum atomic E-state index is -3.34. The van der Waals surface area contributed by atoms with E-state index >= 15 is 0 Å². The summed E-state index contributed by atoms with van der Waals surface area (Å²) in [4.78, 5) is 11.6. The quantitative estimate of drug-likeness (QED) is 0.766. The Morgan fingerprint density at radius 2 is 1.88 bits per heavy atom. The topological polar surface area (TPSA) is 72.5 Å². The molecule has 17 heavy (non-hydrogen) atoms. The van der Waals surface area contributed by atoms with Crippen LogP contribution in [0.5, 0.6) is 5.75 Å². The van der Waals surface area contributed by atoms with Gasteiger partial charge in [-0.2, -0.15) is 0 Å². The summed E-state index contributed by atoms with van der Waals surface area (Å²) in [7, 11) is -3.34. The van der Waals surface area contributed by atoms with E-state index in [1.165, 1.54) is 0 Å². The molecule has 0 saturated heterocycles. The molecule has 94 valence electrons. The first-order valence-corrected chi connectivity index (χ1v) is 7.02. The largest absolute Gasteiger partial charge is 0.494 e. The number of ketones is 1. The van der Waals surface area contributed by atoms with Crippen LogP contribution in [0.1, 0.15) is 17.3 Å². The number of hydrogen-bond donors (Lipinski definition) is 1. The summed E-state index contributed by atoms with van der Waals surface area (Å²) in [5.41, 5.74) is 0.449. The predicted molar refractivity (Wildman–Crippen MR) is 64.8 cm³/mol. The number of hydrogen-bond acceptors (Lipinski definition) is 4. The third-order valence-electron chi connectivity index (χ3n) is 1.98. The van der Waals surface area contributed by atoms with Crippen LogP contribution in [0, 0.1) is 0 Å². The van der Waals surface area contributed by atoms with E-state index in [1.54, 1.807) is 24.3 Å². The molecule has 0 fully saturated rings. The van der Waals surface area contributed by atoms with Crippen molar-refractivity contribution in [3.8, 4) is 5.75 Å². The van der Waals surface area contributed by atoms with E-state index in [4.69, 9.17) is 4.74 Å². The molecule has 1 rings (SSSR count). The van der Waals surface area contributed by atoms with Crippen molar-refractivity contribution in [1.29, 1.82) is 0 Å². The molecule has 0 amide bonds. The van der Waals surface area contributed by atoms with Crippen molar-refractivity contribution < 1.29 is 17.9 Å². The zero-order chi connectivity index (χ0) is 12.9. The number of nitrogens with one attached hydrogen (secondary N) is 1. The molecule has 0 atom stereocenters. The second-order valence-corrected chi connectivity index (χ2v) is 5.31. The van der Waals surface area contributed by atoms with Crippen LogP contribution >= 0.6 is 0 Å². The number of carbonyl (C=O) groups excluding carboxylic acids is 1. The van der Waals surface area contributed by atoms with Crippen LogP contribution < -0.4 is 9.46 Å². The third-order valence-corrected chi connectivity index (χ3v) is 2.65. The van der Waals surface area contributed by atoms with Gasteiger partial charge in [0.15, 0.2) is 5.78 Å². The Morgan fingerprint density at radius 3 is 2.35 bits per heavy atom. The van der Waals surface area contributed by atoms with Crippen LogP contribution in [0.15, 0.2) is 24.3 Å². The number of benzene rings is 1. The van der Waals surface area contributed by atoms with Gasteiger partial charge in [-0.3, -0.25) is 4.79 Å². The molecular weight excluding hydrogens is 242 g/mol. The lowest BCUT2D eigenvalue weighted by molar-refractivity contribution is 0.0997. The molecule has 1 aromatic carbocycles. The van der Waals surface area contributed by atoms with Crippen LogP contribution in [0.25, 0.3) is 0 Å². The highest BCUT2D eigenvalue weighted by atomic mass is 32.2. The number of rotatable bonds is 6. The normalized spacial score (nSPS) is 11.2. The Labute approximate surface area is 101 Å².